The Morgan fingerprint density at radius 2 is 1.30 bits per heavy atom. The highest BCUT2D eigenvalue weighted by Gasteiger charge is 2.46. The maximum Gasteiger partial charge on any atom is 0.241 e. The predicted octanol–water partition coefficient (Wildman–Crippen LogP) is 3.91. The summed E-state index contributed by atoms with van der Waals surface area (Å²) in [5, 5.41) is 3.52. The molecule has 0 amide bonds. The molecular formula is C18H40AlNO2S. The third-order valence-corrected chi connectivity index (χ3v) is 9.94. The molecule has 0 aliphatic carbocycles. The Balaban J connectivity index is 5.58. The fourth-order valence-electron chi connectivity index (χ4n) is 4.63. The topological polar surface area (TPSA) is 46.2 Å². The molecule has 0 spiro atoms. The molecule has 0 bridgehead atoms. The first kappa shape index (κ1) is 23.4. The van der Waals surface area contributed by atoms with Gasteiger partial charge in [-0.25, -0.2) is 8.42 Å². The van der Waals surface area contributed by atoms with Gasteiger partial charge < -0.3 is 5.32 Å². The zero-order valence-electron chi connectivity index (χ0n) is 17.4. The smallest absolute Gasteiger partial charge is 0.241 e. The van der Waals surface area contributed by atoms with Gasteiger partial charge in [-0.05, 0) is 38.1 Å². The molecule has 0 aliphatic rings. The fraction of sp³-hybridized carbons (Fsp3) is 1.00. The van der Waals surface area contributed by atoms with E-state index in [-0.39, 0.29) is 32.1 Å². The van der Waals surface area contributed by atoms with E-state index in [4.69, 9.17) is 0 Å². The van der Waals surface area contributed by atoms with Crippen LogP contribution in [0, 0.1) is 10.8 Å². The van der Waals surface area contributed by atoms with Gasteiger partial charge in [0.15, 0.2) is 9.84 Å². The molecule has 0 heterocycles. The lowest BCUT2D eigenvalue weighted by molar-refractivity contribution is 0.0847. The maximum atomic E-state index is 12.2. The Hall–Kier alpha value is 0.442. The molecule has 0 aromatic heterocycles. The molecule has 0 radical (unpaired) electrons. The van der Waals surface area contributed by atoms with Gasteiger partial charge in [0.1, 0.15) is 0 Å². The van der Waals surface area contributed by atoms with Gasteiger partial charge in [-0.3, -0.25) is 0 Å². The fourth-order valence-corrected chi connectivity index (χ4v) is 6.16. The van der Waals surface area contributed by atoms with Crippen LogP contribution < -0.4 is 5.32 Å². The lowest BCUT2D eigenvalue weighted by Gasteiger charge is -2.49. The van der Waals surface area contributed by atoms with E-state index in [1.54, 1.807) is 0 Å². The minimum Gasteiger partial charge on any atom is -0.316 e. The Morgan fingerprint density at radius 1 is 0.913 bits per heavy atom. The summed E-state index contributed by atoms with van der Waals surface area (Å²) >= 11 is -0.101. The zero-order valence-corrected chi connectivity index (χ0v) is 19.7. The molecule has 0 fully saturated rings. The van der Waals surface area contributed by atoms with Crippen LogP contribution in [0.3, 0.4) is 0 Å². The van der Waals surface area contributed by atoms with Crippen molar-refractivity contribution in [1.29, 1.82) is 0 Å². The molecule has 0 aliphatic heterocycles. The van der Waals surface area contributed by atoms with Gasteiger partial charge in [0.25, 0.3) is 0 Å². The van der Waals surface area contributed by atoms with Crippen molar-refractivity contribution in [3.63, 3.8) is 0 Å². The van der Waals surface area contributed by atoms with Crippen molar-refractivity contribution < 1.29 is 8.42 Å². The Labute approximate surface area is 152 Å². The lowest BCUT2D eigenvalue weighted by atomic mass is 9.64. The summed E-state index contributed by atoms with van der Waals surface area (Å²) in [7, 11) is -1.07. The standard InChI is InChI=1S/C17H36NO2S.CH3.Al.H/c1-13(2)11-15(3,4)14(18-9)16(5,6)12-17(7,8)21(10,19)20;;;/h14,18H,11-12H2,1-10H3;1H3;;. The number of sulfone groups is 1. The lowest BCUT2D eigenvalue weighted by Crippen LogP contribution is -2.54. The van der Waals surface area contributed by atoms with Crippen LogP contribution in [0.5, 0.6) is 0 Å². The first-order valence-electron chi connectivity index (χ1n) is 8.79. The molecule has 5 heteroatoms. The van der Waals surface area contributed by atoms with Crippen molar-refractivity contribution in [1.82, 2.24) is 5.32 Å². The summed E-state index contributed by atoms with van der Waals surface area (Å²) < 4.78 is 24.0. The summed E-state index contributed by atoms with van der Waals surface area (Å²) in [6.07, 6.45) is 3.17. The van der Waals surface area contributed by atoms with Crippen LogP contribution >= 0.6 is 0 Å². The van der Waals surface area contributed by atoms with E-state index in [2.05, 4.69) is 52.6 Å². The molecule has 1 N–H and O–H groups in total. The molecule has 3 nitrogen and oxygen atoms in total. The first-order chi connectivity index (χ1) is 9.92. The molecule has 23 heavy (non-hydrogen) atoms. The van der Waals surface area contributed by atoms with Gasteiger partial charge >= 0.3 is 0 Å². The molecule has 0 saturated carbocycles. The molecule has 0 saturated heterocycles. The van der Waals surface area contributed by atoms with Crippen LogP contribution in [-0.4, -0.2) is 47.7 Å². The van der Waals surface area contributed by atoms with Crippen LogP contribution in [0.1, 0.15) is 68.2 Å². The van der Waals surface area contributed by atoms with Crippen molar-refractivity contribution in [3.8, 4) is 0 Å². The second kappa shape index (κ2) is 7.36. The van der Waals surface area contributed by atoms with Crippen molar-refractivity contribution >= 4 is 25.1 Å². The van der Waals surface area contributed by atoms with Crippen LogP contribution in [0.4, 0.5) is 0 Å². The number of hydrogen-bond acceptors (Lipinski definition) is 3. The van der Waals surface area contributed by atoms with E-state index in [9.17, 15) is 8.42 Å². The summed E-state index contributed by atoms with van der Waals surface area (Å²) in [5.41, 5.74) is -0.00541. The van der Waals surface area contributed by atoms with Gasteiger partial charge in [-0.1, -0.05) is 52.2 Å². The van der Waals surface area contributed by atoms with E-state index in [0.29, 0.717) is 10.7 Å². The van der Waals surface area contributed by atoms with E-state index in [1.807, 2.05) is 20.9 Å². The summed E-state index contributed by atoms with van der Waals surface area (Å²) in [4.78, 5) is 0. The minimum absolute atomic E-state index is 0.101. The Kier molecular flexibility index (Phi) is 7.50. The van der Waals surface area contributed by atoms with Gasteiger partial charge in [-0.2, -0.15) is 0 Å². The van der Waals surface area contributed by atoms with E-state index in [0.717, 1.165) is 6.42 Å². The average Bonchev–Trinajstić information content (AvgIpc) is 2.23. The van der Waals surface area contributed by atoms with Crippen molar-refractivity contribution in [2.75, 3.05) is 13.3 Å². The maximum absolute atomic E-state index is 12.2. The molecule has 0 rings (SSSR count). The van der Waals surface area contributed by atoms with Crippen LogP contribution in [0.25, 0.3) is 0 Å². The molecule has 0 aromatic carbocycles. The van der Waals surface area contributed by atoms with Gasteiger partial charge in [0, 0.05) is 12.3 Å². The minimum atomic E-state index is -3.08. The molecule has 0 aromatic rings. The largest absolute Gasteiger partial charge is 0.316 e. The van der Waals surface area contributed by atoms with Gasteiger partial charge in [0.05, 0.1) is 4.75 Å². The summed E-state index contributed by atoms with van der Waals surface area (Å²) in [5.74, 6) is 2.38. The van der Waals surface area contributed by atoms with E-state index < -0.39 is 14.6 Å². The van der Waals surface area contributed by atoms with Gasteiger partial charge in [-0.15, -0.1) is 5.79 Å². The molecule has 138 valence electrons. The quantitative estimate of drug-likeness (QED) is 0.633. The SMILES string of the molecule is CNC(C(C)(C)C[C](C)(C)[AlH][CH3])C(C)(C)CC(C)(C)S(C)(=O)=O. The van der Waals surface area contributed by atoms with Crippen LogP contribution in [0.15, 0.2) is 0 Å². The number of rotatable bonds is 9. The normalized spacial score (nSPS) is 16.3. The predicted molar refractivity (Wildman–Crippen MR) is 106 cm³/mol. The Bertz CT molecular complexity index is 493. The molecule has 1 atom stereocenters. The van der Waals surface area contributed by atoms with Crippen molar-refractivity contribution in [2.24, 2.45) is 10.8 Å². The zero-order chi connectivity index (χ0) is 18.9. The molecular weight excluding hydrogens is 321 g/mol. The second-order valence-electron chi connectivity index (χ2n) is 10.1. The molecule has 1 unspecified atom stereocenters. The highest BCUT2D eigenvalue weighted by atomic mass is 32.2. The average molecular weight is 362 g/mol. The van der Waals surface area contributed by atoms with Gasteiger partial charge in [0.2, 0.25) is 15.2 Å². The van der Waals surface area contributed by atoms with E-state index in [1.165, 1.54) is 6.26 Å². The summed E-state index contributed by atoms with van der Waals surface area (Å²) in [6, 6.07) is 0.260. The third kappa shape index (κ3) is 6.35. The van der Waals surface area contributed by atoms with E-state index >= 15 is 0 Å². The highest BCUT2D eigenvalue weighted by molar-refractivity contribution is 7.92. The summed E-state index contributed by atoms with van der Waals surface area (Å²) in [6.45, 7) is 17.5. The number of nitrogens with one attached hydrogen (secondary N) is 1. The Morgan fingerprint density at radius 3 is 1.61 bits per heavy atom. The second-order valence-corrected chi connectivity index (χ2v) is 15.4. The number of hydrogen-bond donors (Lipinski definition) is 1. The van der Waals surface area contributed by atoms with Crippen LogP contribution in [-0.2, 0) is 9.84 Å². The van der Waals surface area contributed by atoms with Crippen molar-refractivity contribution in [2.45, 2.75) is 89.1 Å². The monoisotopic (exact) mass is 361 g/mol. The third-order valence-electron chi connectivity index (χ3n) is 5.63. The van der Waals surface area contributed by atoms with Crippen LogP contribution in [0.2, 0.25) is 10.1 Å². The van der Waals surface area contributed by atoms with Crippen molar-refractivity contribution in [3.05, 3.63) is 0 Å². The highest BCUT2D eigenvalue weighted by Crippen LogP contribution is 2.47. The first-order valence-corrected chi connectivity index (χ1v) is 12.8.